The Morgan fingerprint density at radius 1 is 1.29 bits per heavy atom. The lowest BCUT2D eigenvalue weighted by atomic mass is 10.00. The third-order valence-corrected chi connectivity index (χ3v) is 4.55. The third-order valence-electron chi connectivity index (χ3n) is 4.55. The summed E-state index contributed by atoms with van der Waals surface area (Å²) in [5, 5.41) is 0. The molecular weight excluding hydrogens is 373 g/mol. The van der Waals surface area contributed by atoms with E-state index in [0.29, 0.717) is 29.8 Å². The fourth-order valence-electron chi connectivity index (χ4n) is 3.38. The largest absolute Gasteiger partial charge is 0.573 e. The molecular formula is C19H19F3N4O2. The highest BCUT2D eigenvalue weighted by Gasteiger charge is 2.31. The van der Waals surface area contributed by atoms with Crippen LogP contribution in [0.2, 0.25) is 0 Å². The maximum atomic E-state index is 12.6. The van der Waals surface area contributed by atoms with Gasteiger partial charge in [0.1, 0.15) is 5.75 Å². The first kappa shape index (κ1) is 19.5. The molecule has 6 nitrogen and oxygen atoms in total. The zero-order valence-electron chi connectivity index (χ0n) is 15.3. The second kappa shape index (κ2) is 7.41. The number of carbonyl (C=O) groups is 1. The van der Waals surface area contributed by atoms with Gasteiger partial charge in [-0.3, -0.25) is 4.79 Å². The molecule has 3 N–H and O–H groups in total. The number of benzene rings is 1. The van der Waals surface area contributed by atoms with E-state index >= 15 is 0 Å². The van der Waals surface area contributed by atoms with Crippen LogP contribution in [0.4, 0.5) is 13.2 Å². The zero-order chi connectivity index (χ0) is 20.5. The average molecular weight is 392 g/mol. The number of hydrogen-bond acceptors (Lipinski definition) is 3. The molecule has 0 spiro atoms. The number of rotatable bonds is 6. The maximum Gasteiger partial charge on any atom is 0.573 e. The molecule has 0 fully saturated rings. The lowest BCUT2D eigenvalue weighted by Crippen LogP contribution is -2.17. The predicted octanol–water partition coefficient (Wildman–Crippen LogP) is 3.74. The van der Waals surface area contributed by atoms with E-state index in [9.17, 15) is 18.0 Å². The lowest BCUT2D eigenvalue weighted by Gasteiger charge is -2.11. The van der Waals surface area contributed by atoms with E-state index in [1.54, 1.807) is 32.4 Å². The number of aromatic amines is 1. The topological polar surface area (TPSA) is 85.9 Å². The smallest absolute Gasteiger partial charge is 0.406 e. The summed E-state index contributed by atoms with van der Waals surface area (Å²) in [5.74, 6) is -0.999. The van der Waals surface area contributed by atoms with Gasteiger partial charge in [0.15, 0.2) is 0 Å². The molecule has 0 radical (unpaired) electrons. The van der Waals surface area contributed by atoms with Gasteiger partial charge in [0, 0.05) is 41.8 Å². The van der Waals surface area contributed by atoms with E-state index in [1.165, 1.54) is 18.2 Å². The second-order valence-electron chi connectivity index (χ2n) is 6.34. The molecule has 0 saturated carbocycles. The van der Waals surface area contributed by atoms with Crippen LogP contribution >= 0.6 is 0 Å². The summed E-state index contributed by atoms with van der Waals surface area (Å²) in [6.45, 7) is 4.12. The Hall–Kier alpha value is -3.23. The highest BCUT2D eigenvalue weighted by molar-refractivity contribution is 6.02. The van der Waals surface area contributed by atoms with E-state index in [1.807, 2.05) is 4.57 Å². The van der Waals surface area contributed by atoms with Crippen LogP contribution in [0, 0.1) is 13.8 Å². The normalized spacial score (nSPS) is 11.6. The number of hydrogen-bond donors (Lipinski definition) is 2. The number of H-pyrrole nitrogens is 1. The van der Waals surface area contributed by atoms with Gasteiger partial charge in [-0.25, -0.2) is 4.98 Å². The van der Waals surface area contributed by atoms with E-state index in [4.69, 9.17) is 5.73 Å². The standard InChI is InChI=1S/C19H19F3N4O2/c1-11-16(13-4-3-5-15(8-13)28-19(20,21)22)17(18(23)27)12(2)26(11)7-6-14-9-24-10-25-14/h3-5,8-10H,6-7H2,1-2H3,(H2,23,27)(H,24,25). The minimum absolute atomic E-state index is 0.284. The molecule has 1 aromatic carbocycles. The number of primary amides is 1. The summed E-state index contributed by atoms with van der Waals surface area (Å²) < 4.78 is 43.6. The molecule has 9 heteroatoms. The van der Waals surface area contributed by atoms with Crippen molar-refractivity contribution in [2.45, 2.75) is 33.2 Å². The fourth-order valence-corrected chi connectivity index (χ4v) is 3.38. The Labute approximate surface area is 159 Å². The van der Waals surface area contributed by atoms with Crippen LogP contribution in [-0.2, 0) is 13.0 Å². The molecule has 0 saturated heterocycles. The number of nitrogens with two attached hydrogens (primary N) is 1. The molecule has 2 heterocycles. The Morgan fingerprint density at radius 3 is 2.64 bits per heavy atom. The number of nitrogens with one attached hydrogen (secondary N) is 1. The molecule has 3 aromatic rings. The van der Waals surface area contributed by atoms with Crippen molar-refractivity contribution >= 4 is 5.91 Å². The van der Waals surface area contributed by atoms with Crippen LogP contribution in [-0.4, -0.2) is 26.8 Å². The second-order valence-corrected chi connectivity index (χ2v) is 6.34. The maximum absolute atomic E-state index is 12.6. The van der Waals surface area contributed by atoms with Crippen molar-refractivity contribution < 1.29 is 22.7 Å². The molecule has 1 amide bonds. The number of ether oxygens (including phenoxy) is 1. The summed E-state index contributed by atoms with van der Waals surface area (Å²) in [6, 6.07) is 5.52. The Morgan fingerprint density at radius 2 is 2.04 bits per heavy atom. The first-order valence-corrected chi connectivity index (χ1v) is 8.50. The summed E-state index contributed by atoms with van der Waals surface area (Å²) in [6.07, 6.45) is -0.865. The molecule has 0 aliphatic carbocycles. The van der Waals surface area contributed by atoms with Gasteiger partial charge in [0.25, 0.3) is 5.91 Å². The molecule has 0 unspecified atom stereocenters. The van der Waals surface area contributed by atoms with Crippen molar-refractivity contribution in [2.24, 2.45) is 5.73 Å². The zero-order valence-corrected chi connectivity index (χ0v) is 15.3. The van der Waals surface area contributed by atoms with E-state index < -0.39 is 12.3 Å². The van der Waals surface area contributed by atoms with Crippen molar-refractivity contribution in [2.75, 3.05) is 0 Å². The van der Waals surface area contributed by atoms with E-state index in [0.717, 1.165) is 11.4 Å². The first-order chi connectivity index (χ1) is 13.2. The van der Waals surface area contributed by atoms with Crippen molar-refractivity contribution in [1.82, 2.24) is 14.5 Å². The highest BCUT2D eigenvalue weighted by atomic mass is 19.4. The molecule has 0 atom stereocenters. The molecule has 28 heavy (non-hydrogen) atoms. The summed E-state index contributed by atoms with van der Waals surface area (Å²) in [7, 11) is 0. The van der Waals surface area contributed by atoms with Gasteiger partial charge in [-0.1, -0.05) is 12.1 Å². The van der Waals surface area contributed by atoms with Crippen molar-refractivity contribution in [3.63, 3.8) is 0 Å². The minimum atomic E-state index is -4.80. The number of aryl methyl sites for hydroxylation is 1. The predicted molar refractivity (Wildman–Crippen MR) is 96.8 cm³/mol. The number of nitrogens with zero attached hydrogens (tertiary/aromatic N) is 2. The van der Waals surface area contributed by atoms with Gasteiger partial charge < -0.3 is 20.0 Å². The van der Waals surface area contributed by atoms with Crippen molar-refractivity contribution in [1.29, 1.82) is 0 Å². The number of imidazole rings is 1. The van der Waals surface area contributed by atoms with Gasteiger partial charge in [0.2, 0.25) is 0 Å². The number of aromatic nitrogens is 3. The molecule has 2 aromatic heterocycles. The van der Waals surface area contributed by atoms with Crippen LogP contribution < -0.4 is 10.5 Å². The SMILES string of the molecule is Cc1c(C(N)=O)c(-c2cccc(OC(F)(F)F)c2)c(C)n1CCc1cnc[nH]1. The number of alkyl halides is 3. The fraction of sp³-hybridized carbons (Fsp3) is 0.263. The van der Waals surface area contributed by atoms with E-state index in [-0.39, 0.29) is 11.3 Å². The van der Waals surface area contributed by atoms with Gasteiger partial charge in [-0.15, -0.1) is 13.2 Å². The van der Waals surface area contributed by atoms with Crippen LogP contribution in [0.5, 0.6) is 5.75 Å². The van der Waals surface area contributed by atoms with Crippen LogP contribution in [0.1, 0.15) is 27.4 Å². The van der Waals surface area contributed by atoms with Gasteiger partial charge in [-0.2, -0.15) is 0 Å². The van der Waals surface area contributed by atoms with Crippen LogP contribution in [0.15, 0.2) is 36.8 Å². The highest BCUT2D eigenvalue weighted by Crippen LogP contribution is 2.35. The number of carbonyl (C=O) groups excluding carboxylic acids is 1. The summed E-state index contributed by atoms with van der Waals surface area (Å²) in [5.41, 5.74) is 9.11. The average Bonchev–Trinajstić information content (AvgIpc) is 3.18. The van der Waals surface area contributed by atoms with Crippen LogP contribution in [0.3, 0.4) is 0 Å². The Bertz CT molecular complexity index is 992. The molecule has 0 aliphatic rings. The number of amides is 1. The molecule has 3 rings (SSSR count). The van der Waals surface area contributed by atoms with Gasteiger partial charge >= 0.3 is 6.36 Å². The Balaban J connectivity index is 2.04. The molecule has 148 valence electrons. The monoisotopic (exact) mass is 392 g/mol. The quantitative estimate of drug-likeness (QED) is 0.670. The molecule has 0 bridgehead atoms. The number of halogens is 3. The summed E-state index contributed by atoms with van der Waals surface area (Å²) in [4.78, 5) is 19.1. The van der Waals surface area contributed by atoms with Crippen molar-refractivity contribution in [3.05, 3.63) is 59.4 Å². The third kappa shape index (κ3) is 4.03. The minimum Gasteiger partial charge on any atom is -0.406 e. The Kier molecular flexibility index (Phi) is 5.17. The van der Waals surface area contributed by atoms with Crippen molar-refractivity contribution in [3.8, 4) is 16.9 Å². The molecule has 0 aliphatic heterocycles. The first-order valence-electron chi connectivity index (χ1n) is 8.50. The van der Waals surface area contributed by atoms with E-state index in [2.05, 4.69) is 14.7 Å². The van der Waals surface area contributed by atoms with Gasteiger partial charge in [0.05, 0.1) is 11.9 Å². The summed E-state index contributed by atoms with van der Waals surface area (Å²) >= 11 is 0. The van der Waals surface area contributed by atoms with Crippen LogP contribution in [0.25, 0.3) is 11.1 Å². The lowest BCUT2D eigenvalue weighted by molar-refractivity contribution is -0.274. The van der Waals surface area contributed by atoms with Gasteiger partial charge in [-0.05, 0) is 31.5 Å².